The van der Waals surface area contributed by atoms with E-state index in [1.165, 1.54) is 31.3 Å². The molecular weight excluding hydrogens is 374 g/mol. The van der Waals surface area contributed by atoms with Crippen LogP contribution in [0.5, 0.6) is 11.5 Å². The number of hydrogen-bond acceptors (Lipinski definition) is 6. The molecular formula is C22H21NO4S. The van der Waals surface area contributed by atoms with Crippen molar-refractivity contribution in [1.82, 2.24) is 4.98 Å². The fourth-order valence-electron chi connectivity index (χ4n) is 2.88. The van der Waals surface area contributed by atoms with Gasteiger partial charge in [0.15, 0.2) is 17.2 Å². The largest absolute Gasteiger partial charge is 0.493 e. The molecule has 0 aliphatic heterocycles. The maximum atomic E-state index is 12.3. The molecule has 3 aromatic rings. The van der Waals surface area contributed by atoms with Crippen molar-refractivity contribution in [1.29, 1.82) is 0 Å². The average molecular weight is 395 g/mol. The number of carbonyl (C=O) groups is 1. The number of methoxy groups -OCH3 is 2. The quantitative estimate of drug-likeness (QED) is 0.523. The van der Waals surface area contributed by atoms with Gasteiger partial charge in [-0.15, -0.1) is 11.3 Å². The lowest BCUT2D eigenvalue weighted by Gasteiger charge is -2.11. The van der Waals surface area contributed by atoms with Gasteiger partial charge >= 0.3 is 5.97 Å². The fraction of sp³-hybridized carbons (Fsp3) is 0.273. The Labute approximate surface area is 167 Å². The fourth-order valence-corrected chi connectivity index (χ4v) is 3.93. The van der Waals surface area contributed by atoms with Crippen molar-refractivity contribution in [3.63, 3.8) is 0 Å². The van der Waals surface area contributed by atoms with E-state index in [2.05, 4.69) is 4.98 Å². The topological polar surface area (TPSA) is 57.7 Å². The minimum absolute atomic E-state index is 0.324. The zero-order chi connectivity index (χ0) is 19.5. The van der Waals surface area contributed by atoms with Crippen LogP contribution < -0.4 is 9.47 Å². The maximum absolute atomic E-state index is 12.3. The van der Waals surface area contributed by atoms with Gasteiger partial charge < -0.3 is 14.2 Å². The molecule has 1 saturated carbocycles. The number of carbonyl (C=O) groups excluding carboxylic acids is 1. The van der Waals surface area contributed by atoms with Crippen molar-refractivity contribution in [2.75, 3.05) is 20.8 Å². The van der Waals surface area contributed by atoms with E-state index in [1.807, 2.05) is 48.5 Å². The van der Waals surface area contributed by atoms with Gasteiger partial charge in [0.2, 0.25) is 0 Å². The maximum Gasteiger partial charge on any atom is 0.358 e. The molecule has 6 heteroatoms. The number of aromatic nitrogens is 1. The second-order valence-electron chi connectivity index (χ2n) is 6.67. The third-order valence-electron chi connectivity index (χ3n) is 4.62. The highest BCUT2D eigenvalue weighted by atomic mass is 32.1. The summed E-state index contributed by atoms with van der Waals surface area (Å²) < 4.78 is 16.3. The lowest BCUT2D eigenvalue weighted by atomic mass is 10.1. The van der Waals surface area contributed by atoms with Gasteiger partial charge in [-0.3, -0.25) is 0 Å². The number of esters is 1. The van der Waals surface area contributed by atoms with E-state index in [1.54, 1.807) is 7.11 Å². The van der Waals surface area contributed by atoms with Crippen molar-refractivity contribution in [3.8, 4) is 32.5 Å². The highest BCUT2D eigenvalue weighted by Crippen LogP contribution is 2.39. The van der Waals surface area contributed by atoms with E-state index in [-0.39, 0.29) is 0 Å². The SMILES string of the molecule is COC(=O)c1nc(-c2ccc(OC)c(OCC3CC3)c2)sc1-c1ccccc1. The molecule has 0 atom stereocenters. The molecule has 1 heterocycles. The lowest BCUT2D eigenvalue weighted by Crippen LogP contribution is -2.03. The summed E-state index contributed by atoms with van der Waals surface area (Å²) in [5.41, 5.74) is 2.14. The Morgan fingerprint density at radius 2 is 1.86 bits per heavy atom. The Morgan fingerprint density at radius 1 is 1.07 bits per heavy atom. The van der Waals surface area contributed by atoms with Gasteiger partial charge in [0.05, 0.1) is 25.7 Å². The molecule has 1 aliphatic carbocycles. The van der Waals surface area contributed by atoms with Crippen LogP contribution in [-0.2, 0) is 4.74 Å². The Hall–Kier alpha value is -2.86. The lowest BCUT2D eigenvalue weighted by molar-refractivity contribution is 0.0596. The van der Waals surface area contributed by atoms with Crippen LogP contribution in [0.2, 0.25) is 0 Å². The zero-order valence-corrected chi connectivity index (χ0v) is 16.6. The van der Waals surface area contributed by atoms with Gasteiger partial charge in [0.25, 0.3) is 0 Å². The number of rotatable bonds is 7. The molecule has 0 bridgehead atoms. The summed E-state index contributed by atoms with van der Waals surface area (Å²) in [6.45, 7) is 0.695. The summed E-state index contributed by atoms with van der Waals surface area (Å²) in [5.74, 6) is 1.59. The molecule has 0 saturated heterocycles. The van der Waals surface area contributed by atoms with E-state index in [0.717, 1.165) is 21.0 Å². The first-order valence-corrected chi connectivity index (χ1v) is 9.97. The third-order valence-corrected chi connectivity index (χ3v) is 5.78. The molecule has 144 valence electrons. The number of nitrogens with zero attached hydrogens (tertiary/aromatic N) is 1. The Kier molecular flexibility index (Phi) is 5.30. The number of thiazole rings is 1. The molecule has 1 aromatic heterocycles. The molecule has 1 aliphatic rings. The van der Waals surface area contributed by atoms with Gasteiger partial charge in [-0.2, -0.15) is 0 Å². The van der Waals surface area contributed by atoms with Gasteiger partial charge in [-0.25, -0.2) is 9.78 Å². The summed E-state index contributed by atoms with van der Waals surface area (Å²) in [6.07, 6.45) is 2.44. The minimum Gasteiger partial charge on any atom is -0.493 e. The van der Waals surface area contributed by atoms with Crippen LogP contribution >= 0.6 is 11.3 Å². The first kappa shape index (κ1) is 18.5. The Balaban J connectivity index is 1.73. The zero-order valence-electron chi connectivity index (χ0n) is 15.8. The first-order valence-electron chi connectivity index (χ1n) is 9.15. The van der Waals surface area contributed by atoms with Gasteiger partial charge in [0.1, 0.15) is 5.01 Å². The molecule has 28 heavy (non-hydrogen) atoms. The Morgan fingerprint density at radius 3 is 2.54 bits per heavy atom. The molecule has 0 N–H and O–H groups in total. The number of benzene rings is 2. The molecule has 5 nitrogen and oxygen atoms in total. The summed E-state index contributed by atoms with van der Waals surface area (Å²) >= 11 is 1.46. The minimum atomic E-state index is -0.444. The van der Waals surface area contributed by atoms with Crippen LogP contribution in [0.3, 0.4) is 0 Å². The van der Waals surface area contributed by atoms with Crippen molar-refractivity contribution in [2.45, 2.75) is 12.8 Å². The number of hydrogen-bond donors (Lipinski definition) is 0. The smallest absolute Gasteiger partial charge is 0.358 e. The average Bonchev–Trinajstić information content (AvgIpc) is 3.47. The van der Waals surface area contributed by atoms with E-state index in [0.29, 0.717) is 29.7 Å². The molecule has 0 spiro atoms. The van der Waals surface area contributed by atoms with E-state index < -0.39 is 5.97 Å². The van der Waals surface area contributed by atoms with Crippen molar-refractivity contribution >= 4 is 17.3 Å². The van der Waals surface area contributed by atoms with E-state index >= 15 is 0 Å². The normalized spacial score (nSPS) is 13.2. The molecule has 0 amide bonds. The molecule has 4 rings (SSSR count). The summed E-state index contributed by atoms with van der Waals surface area (Å²) in [5, 5.41) is 0.734. The predicted molar refractivity (Wildman–Crippen MR) is 109 cm³/mol. The summed E-state index contributed by atoms with van der Waals surface area (Å²) in [4.78, 5) is 17.7. The highest BCUT2D eigenvalue weighted by molar-refractivity contribution is 7.18. The van der Waals surface area contributed by atoms with Gasteiger partial charge in [0, 0.05) is 5.56 Å². The van der Waals surface area contributed by atoms with Crippen LogP contribution in [0.15, 0.2) is 48.5 Å². The van der Waals surface area contributed by atoms with Crippen molar-refractivity contribution in [3.05, 3.63) is 54.2 Å². The van der Waals surface area contributed by atoms with Crippen LogP contribution in [0.25, 0.3) is 21.0 Å². The standard InChI is InChI=1S/C22H21NO4S/c1-25-17-11-10-16(12-18(17)27-13-14-8-9-14)21-23-19(22(24)26-2)20(28-21)15-6-4-3-5-7-15/h3-7,10-12,14H,8-9,13H2,1-2H3. The second kappa shape index (κ2) is 8.02. The van der Waals surface area contributed by atoms with Crippen LogP contribution in [-0.4, -0.2) is 31.8 Å². The highest BCUT2D eigenvalue weighted by Gasteiger charge is 2.24. The number of ether oxygens (including phenoxy) is 3. The molecule has 0 radical (unpaired) electrons. The monoisotopic (exact) mass is 395 g/mol. The molecule has 0 unspecified atom stereocenters. The molecule has 1 fully saturated rings. The van der Waals surface area contributed by atoms with Crippen LogP contribution in [0.4, 0.5) is 0 Å². The van der Waals surface area contributed by atoms with Gasteiger partial charge in [-0.05, 0) is 42.5 Å². The molecule has 2 aromatic carbocycles. The first-order chi connectivity index (χ1) is 13.7. The van der Waals surface area contributed by atoms with Gasteiger partial charge in [-0.1, -0.05) is 30.3 Å². The summed E-state index contributed by atoms with van der Waals surface area (Å²) in [6, 6.07) is 15.5. The van der Waals surface area contributed by atoms with Crippen LogP contribution in [0.1, 0.15) is 23.3 Å². The van der Waals surface area contributed by atoms with E-state index in [4.69, 9.17) is 14.2 Å². The van der Waals surface area contributed by atoms with E-state index in [9.17, 15) is 4.79 Å². The van der Waals surface area contributed by atoms with Crippen LogP contribution in [0, 0.1) is 5.92 Å². The second-order valence-corrected chi connectivity index (χ2v) is 7.67. The summed E-state index contributed by atoms with van der Waals surface area (Å²) in [7, 11) is 3.00. The predicted octanol–water partition coefficient (Wildman–Crippen LogP) is 5.06. The third kappa shape index (κ3) is 3.87. The van der Waals surface area contributed by atoms with Crippen molar-refractivity contribution in [2.24, 2.45) is 5.92 Å². The Bertz CT molecular complexity index is 979. The van der Waals surface area contributed by atoms with Crippen molar-refractivity contribution < 1.29 is 19.0 Å².